The third-order valence-corrected chi connectivity index (χ3v) is 6.96. The Morgan fingerprint density at radius 2 is 1.59 bits per heavy atom. The van der Waals surface area contributed by atoms with E-state index in [9.17, 15) is 0 Å². The Morgan fingerprint density at radius 1 is 0.757 bits per heavy atom. The predicted octanol–water partition coefficient (Wildman–Crippen LogP) is 7.81. The maximum Gasteiger partial charge on any atom is 0.146 e. The largest absolute Gasteiger partial charge is 0.457 e. The molecule has 5 nitrogen and oxygen atoms in total. The number of rotatable bonds is 4. The Labute approximate surface area is 214 Å². The van der Waals surface area contributed by atoms with Gasteiger partial charge >= 0.3 is 0 Å². The number of imidazole rings is 2. The summed E-state index contributed by atoms with van der Waals surface area (Å²) in [5.41, 5.74) is 6.37. The van der Waals surface area contributed by atoms with Crippen molar-refractivity contribution in [2.24, 2.45) is 7.05 Å². The second kappa shape index (κ2) is 8.35. The van der Waals surface area contributed by atoms with Crippen molar-refractivity contribution in [1.82, 2.24) is 18.9 Å². The molecule has 0 N–H and O–H groups in total. The quantitative estimate of drug-likeness (QED) is 0.241. The predicted molar refractivity (Wildman–Crippen MR) is 149 cm³/mol. The van der Waals surface area contributed by atoms with E-state index < -0.39 is 0 Å². The molecule has 3 heterocycles. The Morgan fingerprint density at radius 3 is 2.46 bits per heavy atom. The van der Waals surface area contributed by atoms with E-state index in [0.29, 0.717) is 0 Å². The van der Waals surface area contributed by atoms with E-state index in [1.54, 1.807) is 6.20 Å². The molecular formula is C32H24N4O. The summed E-state index contributed by atoms with van der Waals surface area (Å²) < 4.78 is 10.6. The van der Waals surface area contributed by atoms with Gasteiger partial charge in [0.1, 0.15) is 23.0 Å². The molecular weight excluding hydrogens is 456 g/mol. The van der Waals surface area contributed by atoms with Gasteiger partial charge in [-0.05, 0) is 54.3 Å². The third kappa shape index (κ3) is 3.55. The van der Waals surface area contributed by atoms with Crippen molar-refractivity contribution >= 4 is 27.3 Å². The molecule has 0 saturated carbocycles. The Kier molecular flexibility index (Phi) is 4.83. The minimum absolute atomic E-state index is 0.764. The van der Waals surface area contributed by atoms with Crippen LogP contribution in [0.1, 0.15) is 5.56 Å². The number of nitrogens with zero attached hydrogens (tertiary/aromatic N) is 4. The molecule has 3 aromatic heterocycles. The van der Waals surface area contributed by atoms with E-state index in [0.717, 1.165) is 56.1 Å². The number of fused-ring (bicyclic) bond motifs is 6. The number of benzene rings is 4. The fourth-order valence-corrected chi connectivity index (χ4v) is 5.14. The van der Waals surface area contributed by atoms with Gasteiger partial charge in [0.15, 0.2) is 0 Å². The number of hydrogen-bond acceptors (Lipinski definition) is 3. The molecule has 178 valence electrons. The van der Waals surface area contributed by atoms with E-state index in [-0.39, 0.29) is 0 Å². The Balaban J connectivity index is 1.39. The molecule has 0 atom stereocenters. The van der Waals surface area contributed by atoms with Crippen LogP contribution in [-0.2, 0) is 7.05 Å². The van der Waals surface area contributed by atoms with Crippen LogP contribution in [-0.4, -0.2) is 18.9 Å². The van der Waals surface area contributed by atoms with Gasteiger partial charge in [0, 0.05) is 47.5 Å². The SMILES string of the molecule is Cc1ccccc1-c1cn2c3ccccc3c3ccc(Oc4cccc(-c5nccn5C)c4)cc3c2n1. The number of ether oxygens (including phenoxy) is 1. The second-order valence-electron chi connectivity index (χ2n) is 9.35. The first-order chi connectivity index (χ1) is 18.2. The van der Waals surface area contributed by atoms with E-state index >= 15 is 0 Å². The number of hydrogen-bond donors (Lipinski definition) is 0. The van der Waals surface area contributed by atoms with Crippen LogP contribution in [0.15, 0.2) is 110 Å². The van der Waals surface area contributed by atoms with Crippen LogP contribution in [0, 0.1) is 6.92 Å². The summed E-state index contributed by atoms with van der Waals surface area (Å²) in [6.07, 6.45) is 5.89. The topological polar surface area (TPSA) is 44.4 Å². The van der Waals surface area contributed by atoms with E-state index in [1.807, 2.05) is 48.1 Å². The minimum Gasteiger partial charge on any atom is -0.457 e. The van der Waals surface area contributed by atoms with Gasteiger partial charge in [-0.3, -0.25) is 4.40 Å². The van der Waals surface area contributed by atoms with Crippen molar-refractivity contribution in [2.45, 2.75) is 6.92 Å². The zero-order valence-corrected chi connectivity index (χ0v) is 20.6. The van der Waals surface area contributed by atoms with Gasteiger partial charge < -0.3 is 9.30 Å². The van der Waals surface area contributed by atoms with Gasteiger partial charge in [-0.2, -0.15) is 0 Å². The maximum atomic E-state index is 6.36. The van der Waals surface area contributed by atoms with Crippen LogP contribution in [0.2, 0.25) is 0 Å². The second-order valence-corrected chi connectivity index (χ2v) is 9.35. The highest BCUT2D eigenvalue weighted by molar-refractivity contribution is 6.12. The van der Waals surface area contributed by atoms with Gasteiger partial charge in [-0.25, -0.2) is 9.97 Å². The number of aryl methyl sites for hydroxylation is 2. The lowest BCUT2D eigenvalue weighted by molar-refractivity contribution is 0.483. The van der Waals surface area contributed by atoms with Crippen molar-refractivity contribution in [3.05, 3.63) is 115 Å². The smallest absolute Gasteiger partial charge is 0.146 e. The van der Waals surface area contributed by atoms with Crippen LogP contribution in [0.4, 0.5) is 0 Å². The summed E-state index contributed by atoms with van der Waals surface area (Å²) in [4.78, 5) is 9.59. The van der Waals surface area contributed by atoms with Gasteiger partial charge in [0.2, 0.25) is 0 Å². The van der Waals surface area contributed by atoms with Crippen LogP contribution < -0.4 is 4.74 Å². The van der Waals surface area contributed by atoms with Gasteiger partial charge in [-0.15, -0.1) is 0 Å². The summed E-state index contributed by atoms with van der Waals surface area (Å²) in [5, 5.41) is 3.39. The average molecular weight is 481 g/mol. The van der Waals surface area contributed by atoms with Crippen LogP contribution in [0.3, 0.4) is 0 Å². The van der Waals surface area contributed by atoms with Gasteiger partial charge in [0.05, 0.1) is 11.2 Å². The fourth-order valence-electron chi connectivity index (χ4n) is 5.14. The summed E-state index contributed by atoms with van der Waals surface area (Å²) in [6, 6.07) is 31.2. The van der Waals surface area contributed by atoms with Crippen molar-refractivity contribution < 1.29 is 4.74 Å². The number of aromatic nitrogens is 4. The van der Waals surface area contributed by atoms with Crippen LogP contribution in [0.5, 0.6) is 11.5 Å². The minimum atomic E-state index is 0.764. The van der Waals surface area contributed by atoms with Crippen molar-refractivity contribution in [1.29, 1.82) is 0 Å². The van der Waals surface area contributed by atoms with Crippen molar-refractivity contribution in [2.75, 3.05) is 0 Å². The molecule has 0 aliphatic heterocycles. The normalized spacial score (nSPS) is 11.5. The van der Waals surface area contributed by atoms with Crippen molar-refractivity contribution in [3.63, 3.8) is 0 Å². The Bertz CT molecular complexity index is 1950. The van der Waals surface area contributed by atoms with Crippen molar-refractivity contribution in [3.8, 4) is 34.1 Å². The Hall–Kier alpha value is -4.90. The molecule has 0 amide bonds. The highest BCUT2D eigenvalue weighted by Crippen LogP contribution is 2.35. The molecule has 0 fully saturated rings. The number of pyridine rings is 1. The molecule has 7 aromatic rings. The molecule has 0 aliphatic carbocycles. The van der Waals surface area contributed by atoms with Crippen LogP contribution in [0.25, 0.3) is 50.0 Å². The highest BCUT2D eigenvalue weighted by Gasteiger charge is 2.15. The molecule has 0 saturated heterocycles. The molecule has 0 radical (unpaired) electrons. The zero-order chi connectivity index (χ0) is 24.9. The fraction of sp³-hybridized carbons (Fsp3) is 0.0625. The lowest BCUT2D eigenvalue weighted by Crippen LogP contribution is -1.93. The molecule has 37 heavy (non-hydrogen) atoms. The van der Waals surface area contributed by atoms with Gasteiger partial charge in [-0.1, -0.05) is 54.6 Å². The summed E-state index contributed by atoms with van der Waals surface area (Å²) in [6.45, 7) is 2.13. The first-order valence-electron chi connectivity index (χ1n) is 12.3. The van der Waals surface area contributed by atoms with E-state index in [2.05, 4.69) is 83.2 Å². The number of para-hydroxylation sites is 1. The van der Waals surface area contributed by atoms with Gasteiger partial charge in [0.25, 0.3) is 0 Å². The molecule has 0 aliphatic rings. The first kappa shape index (κ1) is 21.4. The summed E-state index contributed by atoms with van der Waals surface area (Å²) >= 11 is 0. The first-order valence-corrected chi connectivity index (χ1v) is 12.3. The average Bonchev–Trinajstić information content (AvgIpc) is 3.56. The standard InChI is InChI=1S/C32H24N4O/c1-21-8-3-4-11-25(21)29-20-36-30-13-6-5-12-27(30)26-15-14-24(19-28(26)32(36)34-29)37-23-10-7-9-22(18-23)31-33-16-17-35(31)2/h3-20H,1-2H3. The lowest BCUT2D eigenvalue weighted by Gasteiger charge is -2.11. The lowest BCUT2D eigenvalue weighted by atomic mass is 10.1. The monoisotopic (exact) mass is 480 g/mol. The molecule has 4 aromatic carbocycles. The summed E-state index contributed by atoms with van der Waals surface area (Å²) in [7, 11) is 1.99. The molecule has 0 spiro atoms. The zero-order valence-electron chi connectivity index (χ0n) is 20.6. The summed E-state index contributed by atoms with van der Waals surface area (Å²) in [5.74, 6) is 2.43. The maximum absolute atomic E-state index is 6.36. The van der Waals surface area contributed by atoms with Crippen LogP contribution >= 0.6 is 0 Å². The molecule has 0 bridgehead atoms. The van der Waals surface area contributed by atoms with E-state index in [1.165, 1.54) is 10.9 Å². The van der Waals surface area contributed by atoms with E-state index in [4.69, 9.17) is 9.72 Å². The molecule has 0 unspecified atom stereocenters. The molecule has 7 rings (SSSR count). The highest BCUT2D eigenvalue weighted by atomic mass is 16.5. The molecule has 5 heteroatoms. The third-order valence-electron chi connectivity index (χ3n) is 6.96.